The second kappa shape index (κ2) is 10.5. The number of hydrogen-bond donors (Lipinski definition) is 0. The first-order chi connectivity index (χ1) is 11.7. The van der Waals surface area contributed by atoms with Crippen LogP contribution in [0.1, 0.15) is 77.1 Å². The molecule has 134 valence electrons. The topological polar surface area (TPSA) is 22.1 Å². The van der Waals surface area contributed by atoms with Crippen LogP contribution in [0.3, 0.4) is 0 Å². The monoisotopic (exact) mass is 329 g/mol. The number of pyridine rings is 1. The molecule has 2 aromatic rings. The Hall–Kier alpha value is -1.41. The molecule has 1 aliphatic rings. The second-order valence-corrected chi connectivity index (χ2v) is 5.96. The standard InChI is InChI=1S/C18H23NO.2C2H6/c1-4-14-9-12(2)19-18-6-5-15(11-17(14)18)16-7-8-20-13(3)10-16;2*1-2/h5-6,9,11,13,16H,4,7-8,10H2,1-3H3;2*1-2H3. The Morgan fingerprint density at radius 1 is 1.12 bits per heavy atom. The summed E-state index contributed by atoms with van der Waals surface area (Å²) < 4.78 is 5.67. The molecule has 2 unspecified atom stereocenters. The van der Waals surface area contributed by atoms with Crippen LogP contribution in [-0.4, -0.2) is 17.7 Å². The maximum absolute atomic E-state index is 5.67. The van der Waals surface area contributed by atoms with Gasteiger partial charge < -0.3 is 4.74 Å². The fourth-order valence-electron chi connectivity index (χ4n) is 3.31. The highest BCUT2D eigenvalue weighted by Crippen LogP contribution is 2.32. The third kappa shape index (κ3) is 5.04. The number of aryl methyl sites for hydroxylation is 2. The van der Waals surface area contributed by atoms with Crippen LogP contribution in [0, 0.1) is 6.92 Å². The van der Waals surface area contributed by atoms with Crippen molar-refractivity contribution >= 4 is 10.9 Å². The SMILES string of the molecule is CC.CC.CCc1cc(C)nc2ccc(C3CCOC(C)C3)cc12. The van der Waals surface area contributed by atoms with E-state index >= 15 is 0 Å². The molecule has 0 N–H and O–H groups in total. The quantitative estimate of drug-likeness (QED) is 0.632. The molecule has 0 radical (unpaired) electrons. The molecule has 1 aliphatic heterocycles. The molecule has 0 bridgehead atoms. The van der Waals surface area contributed by atoms with Gasteiger partial charge in [-0.1, -0.05) is 40.7 Å². The van der Waals surface area contributed by atoms with Crippen LogP contribution in [0.4, 0.5) is 0 Å². The average molecular weight is 330 g/mol. The van der Waals surface area contributed by atoms with Gasteiger partial charge >= 0.3 is 0 Å². The fraction of sp³-hybridized carbons (Fsp3) is 0.591. The smallest absolute Gasteiger partial charge is 0.0708 e. The van der Waals surface area contributed by atoms with Gasteiger partial charge in [-0.3, -0.25) is 4.98 Å². The number of ether oxygens (including phenoxy) is 1. The highest BCUT2D eigenvalue weighted by molar-refractivity contribution is 5.83. The van der Waals surface area contributed by atoms with Crippen LogP contribution in [0.15, 0.2) is 24.3 Å². The largest absolute Gasteiger partial charge is 0.378 e. The number of hydrogen-bond acceptors (Lipinski definition) is 2. The molecule has 2 atom stereocenters. The van der Waals surface area contributed by atoms with Gasteiger partial charge in [0.25, 0.3) is 0 Å². The van der Waals surface area contributed by atoms with E-state index in [1.165, 1.54) is 16.5 Å². The molecule has 0 spiro atoms. The number of fused-ring (bicyclic) bond motifs is 1. The third-order valence-electron chi connectivity index (χ3n) is 4.38. The molecular formula is C22H35NO. The first kappa shape index (κ1) is 20.6. The maximum Gasteiger partial charge on any atom is 0.0708 e. The summed E-state index contributed by atoms with van der Waals surface area (Å²) in [4.78, 5) is 4.66. The van der Waals surface area contributed by atoms with Gasteiger partial charge in [0, 0.05) is 17.7 Å². The summed E-state index contributed by atoms with van der Waals surface area (Å²) in [5.41, 5.74) is 5.11. The van der Waals surface area contributed by atoms with Gasteiger partial charge in [0.05, 0.1) is 11.6 Å². The van der Waals surface area contributed by atoms with Crippen molar-refractivity contribution in [1.82, 2.24) is 4.98 Å². The Balaban J connectivity index is 0.000000671. The van der Waals surface area contributed by atoms with Crippen molar-refractivity contribution in [1.29, 1.82) is 0 Å². The lowest BCUT2D eigenvalue weighted by Gasteiger charge is -2.27. The van der Waals surface area contributed by atoms with Gasteiger partial charge in [-0.15, -0.1) is 0 Å². The maximum atomic E-state index is 5.67. The average Bonchev–Trinajstić information content (AvgIpc) is 2.64. The Morgan fingerprint density at radius 3 is 2.46 bits per heavy atom. The summed E-state index contributed by atoms with van der Waals surface area (Å²) in [6, 6.07) is 9.04. The summed E-state index contributed by atoms with van der Waals surface area (Å²) >= 11 is 0. The molecule has 1 aromatic heterocycles. The first-order valence-electron chi connectivity index (χ1n) is 9.69. The normalized spacial score (nSPS) is 19.8. The minimum Gasteiger partial charge on any atom is -0.378 e. The summed E-state index contributed by atoms with van der Waals surface area (Å²) in [5, 5.41) is 1.33. The first-order valence-corrected chi connectivity index (χ1v) is 9.69. The minimum atomic E-state index is 0.381. The van der Waals surface area contributed by atoms with Crippen molar-refractivity contribution in [3.63, 3.8) is 0 Å². The van der Waals surface area contributed by atoms with Crippen LogP contribution in [0.5, 0.6) is 0 Å². The van der Waals surface area contributed by atoms with Gasteiger partial charge in [-0.25, -0.2) is 0 Å². The van der Waals surface area contributed by atoms with E-state index in [9.17, 15) is 0 Å². The molecule has 2 nitrogen and oxygen atoms in total. The van der Waals surface area contributed by atoms with Crippen LogP contribution in [0.2, 0.25) is 0 Å². The van der Waals surface area contributed by atoms with Gasteiger partial charge in [0.15, 0.2) is 0 Å². The molecule has 2 heterocycles. The predicted octanol–water partition coefficient (Wildman–Crippen LogP) is 6.44. The summed E-state index contributed by atoms with van der Waals surface area (Å²) in [7, 11) is 0. The Labute approximate surface area is 148 Å². The zero-order valence-electron chi connectivity index (χ0n) is 16.6. The highest BCUT2D eigenvalue weighted by Gasteiger charge is 2.21. The van der Waals surface area contributed by atoms with Crippen molar-refractivity contribution in [3.05, 3.63) is 41.1 Å². The van der Waals surface area contributed by atoms with Crippen molar-refractivity contribution in [3.8, 4) is 0 Å². The fourth-order valence-corrected chi connectivity index (χ4v) is 3.31. The summed E-state index contributed by atoms with van der Waals surface area (Å²) in [5.74, 6) is 0.633. The zero-order chi connectivity index (χ0) is 18.1. The molecule has 1 aromatic carbocycles. The van der Waals surface area contributed by atoms with Crippen molar-refractivity contribution < 1.29 is 4.74 Å². The number of rotatable bonds is 2. The lowest BCUT2D eigenvalue weighted by molar-refractivity contribution is 0.0186. The second-order valence-electron chi connectivity index (χ2n) is 5.96. The summed E-state index contributed by atoms with van der Waals surface area (Å²) in [6.07, 6.45) is 3.71. The summed E-state index contributed by atoms with van der Waals surface area (Å²) in [6.45, 7) is 15.4. The molecule has 0 saturated carbocycles. The molecule has 2 heteroatoms. The van der Waals surface area contributed by atoms with Gasteiger partial charge in [-0.05, 0) is 68.4 Å². The third-order valence-corrected chi connectivity index (χ3v) is 4.38. The van der Waals surface area contributed by atoms with Crippen LogP contribution in [0.25, 0.3) is 10.9 Å². The molecule has 0 amide bonds. The van der Waals surface area contributed by atoms with Gasteiger partial charge in [0.1, 0.15) is 0 Å². The van der Waals surface area contributed by atoms with E-state index in [0.29, 0.717) is 12.0 Å². The van der Waals surface area contributed by atoms with E-state index in [4.69, 9.17) is 4.74 Å². The van der Waals surface area contributed by atoms with Crippen LogP contribution < -0.4 is 0 Å². The number of nitrogens with zero attached hydrogens (tertiary/aromatic N) is 1. The Kier molecular flexibility index (Phi) is 8.99. The van der Waals surface area contributed by atoms with E-state index < -0.39 is 0 Å². The molecule has 1 saturated heterocycles. The molecular weight excluding hydrogens is 294 g/mol. The van der Waals surface area contributed by atoms with Crippen molar-refractivity contribution in [2.24, 2.45) is 0 Å². The number of aromatic nitrogens is 1. The van der Waals surface area contributed by atoms with E-state index in [1.807, 2.05) is 27.7 Å². The van der Waals surface area contributed by atoms with E-state index in [0.717, 1.165) is 37.1 Å². The minimum absolute atomic E-state index is 0.381. The van der Waals surface area contributed by atoms with Crippen molar-refractivity contribution in [2.75, 3.05) is 6.61 Å². The van der Waals surface area contributed by atoms with Crippen LogP contribution >= 0.6 is 0 Å². The molecule has 24 heavy (non-hydrogen) atoms. The van der Waals surface area contributed by atoms with Crippen LogP contribution in [-0.2, 0) is 11.2 Å². The number of benzene rings is 1. The molecule has 1 fully saturated rings. The zero-order valence-corrected chi connectivity index (χ0v) is 16.6. The molecule has 0 aliphatic carbocycles. The van der Waals surface area contributed by atoms with E-state index in [1.54, 1.807) is 0 Å². The van der Waals surface area contributed by atoms with Crippen molar-refractivity contribution in [2.45, 2.75) is 79.8 Å². The van der Waals surface area contributed by atoms with E-state index in [2.05, 4.69) is 50.0 Å². The Morgan fingerprint density at radius 2 is 1.83 bits per heavy atom. The predicted molar refractivity (Wildman–Crippen MR) is 106 cm³/mol. The molecule has 3 rings (SSSR count). The van der Waals surface area contributed by atoms with Gasteiger partial charge in [0.2, 0.25) is 0 Å². The van der Waals surface area contributed by atoms with E-state index in [-0.39, 0.29) is 0 Å². The lowest BCUT2D eigenvalue weighted by Crippen LogP contribution is -2.21. The van der Waals surface area contributed by atoms with Gasteiger partial charge in [-0.2, -0.15) is 0 Å². The Bertz CT molecular complexity index is 621. The lowest BCUT2D eigenvalue weighted by atomic mass is 9.87. The highest BCUT2D eigenvalue weighted by atomic mass is 16.5.